The Balaban J connectivity index is 0.552. The number of pyridine rings is 2. The van der Waals surface area contributed by atoms with Gasteiger partial charge in [-0.1, -0.05) is 329 Å². The Morgan fingerprint density at radius 3 is 1.07 bits per heavy atom. The molecular formula is C125H72N8O4. The zero-order valence-electron chi connectivity index (χ0n) is 73.8. The van der Waals surface area contributed by atoms with E-state index in [0.29, 0.717) is 34.9 Å². The molecule has 0 N–H and O–H groups in total. The summed E-state index contributed by atoms with van der Waals surface area (Å²) < 4.78 is 28.3. The Morgan fingerprint density at radius 1 is 0.175 bits per heavy atom. The fourth-order valence-electron chi connectivity index (χ4n) is 22.2. The van der Waals surface area contributed by atoms with Crippen molar-refractivity contribution < 1.29 is 17.7 Å². The number of benzene rings is 20. The van der Waals surface area contributed by atoms with Crippen molar-refractivity contribution in [2.45, 2.75) is 19.3 Å². The van der Waals surface area contributed by atoms with E-state index in [-0.39, 0.29) is 5.41 Å². The van der Waals surface area contributed by atoms with Gasteiger partial charge in [-0.25, -0.2) is 39.9 Å². The SMILES string of the molecule is CC1(C)c2ccccc2-c2ccc(-c3nc(-c4ccccc4)nc(-c4cccc(-c5nc6ccccc6c6c(-c7cccc8c7oc7cc(-c9ccc%10c(c9)c9ccccc9c9ccc(-c%11nc(-c%12ccccc%12)nc(-c%12cccc(-c%13nc%14ccccc%14c%14c(-c%15cccc%16c%15oc%15ccccc%15%16)c%15c(cc%13%14)oc%13ccccc%13%15)c%12)n%11)cc9%10)ccc78)c7c(cc56)oc5ccccc57)c4)n3)cc21. The van der Waals surface area contributed by atoms with Crippen LogP contribution < -0.4 is 0 Å². The second-order valence-electron chi connectivity index (χ2n) is 36.5. The minimum absolute atomic E-state index is 0.219. The summed E-state index contributed by atoms with van der Waals surface area (Å²) in [5, 5.41) is 20.8. The molecule has 12 heteroatoms. The number of hydrogen-bond donors (Lipinski definition) is 0. The number of fused-ring (bicyclic) bond motifs is 27. The summed E-state index contributed by atoms with van der Waals surface area (Å²) in [6, 6.07) is 141. The predicted molar refractivity (Wildman–Crippen MR) is 558 cm³/mol. The second kappa shape index (κ2) is 29.4. The third kappa shape index (κ3) is 11.7. The highest BCUT2D eigenvalue weighted by atomic mass is 16.3. The number of rotatable bonds is 11. The van der Waals surface area contributed by atoms with Crippen LogP contribution in [0.25, 0.3) is 299 Å². The molecule has 0 fully saturated rings. The number of furan rings is 4. The van der Waals surface area contributed by atoms with Crippen LogP contribution >= 0.6 is 0 Å². The van der Waals surface area contributed by atoms with Gasteiger partial charge in [0.05, 0.1) is 22.4 Å². The summed E-state index contributed by atoms with van der Waals surface area (Å²) in [5.41, 5.74) is 27.3. The molecule has 8 heterocycles. The minimum Gasteiger partial charge on any atom is -0.456 e. The number of nitrogens with zero attached hydrogens (tertiary/aromatic N) is 8. The molecule has 137 heavy (non-hydrogen) atoms. The monoisotopic (exact) mass is 1750 g/mol. The zero-order chi connectivity index (χ0) is 90.0. The summed E-state index contributed by atoms with van der Waals surface area (Å²) >= 11 is 0. The van der Waals surface area contributed by atoms with E-state index in [1.165, 1.54) is 22.3 Å². The summed E-state index contributed by atoms with van der Waals surface area (Å²) in [6.07, 6.45) is 0. The van der Waals surface area contributed by atoms with Crippen molar-refractivity contribution >= 4 is 163 Å². The predicted octanol–water partition coefficient (Wildman–Crippen LogP) is 33.2. The van der Waals surface area contributed by atoms with Crippen LogP contribution in [0.15, 0.2) is 418 Å². The first-order valence-electron chi connectivity index (χ1n) is 46.3. The lowest BCUT2D eigenvalue weighted by Gasteiger charge is -2.21. The van der Waals surface area contributed by atoms with Gasteiger partial charge in [0, 0.05) is 148 Å². The largest absolute Gasteiger partial charge is 0.456 e. The molecule has 0 bridgehead atoms. The van der Waals surface area contributed by atoms with Gasteiger partial charge in [0.1, 0.15) is 44.7 Å². The maximum absolute atomic E-state index is 7.47. The van der Waals surface area contributed by atoms with Crippen molar-refractivity contribution in [2.24, 2.45) is 0 Å². The molecule has 0 saturated heterocycles. The fourth-order valence-corrected chi connectivity index (χ4v) is 22.2. The van der Waals surface area contributed by atoms with Crippen molar-refractivity contribution in [3.05, 3.63) is 412 Å². The van der Waals surface area contributed by atoms with Crippen LogP contribution in [0.4, 0.5) is 0 Å². The number of para-hydroxylation sites is 7. The maximum Gasteiger partial charge on any atom is 0.164 e. The average Bonchev–Trinajstić information content (AvgIpc) is 1.67. The van der Waals surface area contributed by atoms with Gasteiger partial charge in [-0.15, -0.1) is 0 Å². The van der Waals surface area contributed by atoms with E-state index < -0.39 is 0 Å². The van der Waals surface area contributed by atoms with Crippen LogP contribution in [0.2, 0.25) is 0 Å². The van der Waals surface area contributed by atoms with Gasteiger partial charge >= 0.3 is 0 Å². The Morgan fingerprint density at radius 2 is 0.518 bits per heavy atom. The lowest BCUT2D eigenvalue weighted by molar-refractivity contribution is 0.660. The zero-order valence-corrected chi connectivity index (χ0v) is 73.8. The molecule has 0 amide bonds. The van der Waals surface area contributed by atoms with E-state index in [9.17, 15) is 0 Å². The molecule has 0 radical (unpaired) electrons. The standard InChI is InChI=1S/C125H72N8O4/c1-125(2)99-47-17-11-37-83(99)84-59-56-78(65-100(84)125)124-131-120(70-29-7-4-8-30-70)129-122(133-124)76-34-24-32-74(62-76)116-98-68-108-112(92-42-16-22-52-105(92)135-108)114(110(98)90-40-13-19-49-102(90)127-116)94-46-26-44-88-86-60-54-72(66-106(86)137-118(88)94)71-53-57-82-95(63-71)80-36-10-9-35-79(80)81-58-55-77(64-96(81)82)123-130-119(69-27-5-3-6-28-69)128-121(132-123)75-33-23-31-73(61-75)115-97-67-107-111(91-41-15-21-51-104(91)134-107)113(109(97)89-39-12-18-48-101(89)126-115)93-45-25-43-87-85-38-14-20-50-103(85)136-117(87)93/h3-68H,1-2H3. The Labute approximate surface area is 781 Å². The average molecular weight is 1750 g/mol. The van der Waals surface area contributed by atoms with E-state index >= 15 is 0 Å². The number of aromatic nitrogens is 8. The van der Waals surface area contributed by atoms with Gasteiger partial charge in [-0.3, -0.25) is 0 Å². The van der Waals surface area contributed by atoms with Crippen molar-refractivity contribution in [1.82, 2.24) is 39.9 Å². The van der Waals surface area contributed by atoms with E-state index in [2.05, 4.69) is 347 Å². The Bertz CT molecular complexity index is 10100. The first-order chi connectivity index (χ1) is 67.6. The molecule has 0 saturated carbocycles. The van der Waals surface area contributed by atoms with Gasteiger partial charge in [-0.05, 0) is 151 Å². The van der Waals surface area contributed by atoms with Crippen LogP contribution in [-0.2, 0) is 5.41 Å². The number of hydrogen-bond acceptors (Lipinski definition) is 12. The molecule has 1 aliphatic carbocycles. The van der Waals surface area contributed by atoms with E-state index in [1.54, 1.807) is 0 Å². The summed E-state index contributed by atoms with van der Waals surface area (Å²) in [4.78, 5) is 43.4. The topological polar surface area (TPSA) is 156 Å². The molecule has 0 aliphatic heterocycles. The van der Waals surface area contributed by atoms with Gasteiger partial charge < -0.3 is 17.7 Å². The highest BCUT2D eigenvalue weighted by molar-refractivity contribution is 6.33. The van der Waals surface area contributed by atoms with Crippen molar-refractivity contribution in [1.29, 1.82) is 0 Å². The highest BCUT2D eigenvalue weighted by Gasteiger charge is 2.37. The van der Waals surface area contributed by atoms with Crippen molar-refractivity contribution in [3.8, 4) is 135 Å². The van der Waals surface area contributed by atoms with Crippen LogP contribution in [0.5, 0.6) is 0 Å². The van der Waals surface area contributed by atoms with Crippen LogP contribution in [0.1, 0.15) is 25.0 Å². The summed E-state index contributed by atoms with van der Waals surface area (Å²) in [7, 11) is 0. The lowest BCUT2D eigenvalue weighted by Crippen LogP contribution is -2.15. The molecule has 29 rings (SSSR count). The van der Waals surface area contributed by atoms with Crippen LogP contribution in [0.3, 0.4) is 0 Å². The second-order valence-corrected chi connectivity index (χ2v) is 36.5. The smallest absolute Gasteiger partial charge is 0.164 e. The summed E-state index contributed by atoms with van der Waals surface area (Å²) in [6.45, 7) is 4.61. The molecular weight excluding hydrogens is 1680 g/mol. The molecule has 0 spiro atoms. The molecule has 28 aromatic rings. The summed E-state index contributed by atoms with van der Waals surface area (Å²) in [5.74, 6) is 3.35. The Hall–Kier alpha value is -18.3. The first kappa shape index (κ1) is 76.4. The molecule has 1 aliphatic rings. The normalized spacial score (nSPS) is 12.7. The van der Waals surface area contributed by atoms with Gasteiger partial charge in [-0.2, -0.15) is 0 Å². The molecule has 8 aromatic heterocycles. The molecule has 0 atom stereocenters. The lowest BCUT2D eigenvalue weighted by atomic mass is 9.82. The van der Waals surface area contributed by atoms with E-state index in [4.69, 9.17) is 57.5 Å². The Kier molecular flexibility index (Phi) is 16.4. The third-order valence-electron chi connectivity index (χ3n) is 28.5. The van der Waals surface area contributed by atoms with Crippen molar-refractivity contribution in [3.63, 3.8) is 0 Å². The van der Waals surface area contributed by atoms with E-state index in [1.807, 2.05) is 66.7 Å². The highest BCUT2D eigenvalue weighted by Crippen LogP contribution is 2.55. The molecule has 636 valence electrons. The molecule has 20 aromatic carbocycles. The van der Waals surface area contributed by atoms with Gasteiger partial charge in [0.2, 0.25) is 0 Å². The van der Waals surface area contributed by atoms with Gasteiger partial charge in [0.25, 0.3) is 0 Å². The van der Waals surface area contributed by atoms with Crippen molar-refractivity contribution in [2.75, 3.05) is 0 Å². The minimum atomic E-state index is -0.219. The van der Waals surface area contributed by atoms with Crippen LogP contribution in [0, 0.1) is 0 Å². The molecule has 0 unspecified atom stereocenters. The third-order valence-corrected chi connectivity index (χ3v) is 28.5. The quantitative estimate of drug-likeness (QED) is 0.113. The fraction of sp³-hybridized carbons (Fsp3) is 0.0240. The maximum atomic E-state index is 7.47. The van der Waals surface area contributed by atoms with E-state index in [0.717, 1.165) is 253 Å². The van der Waals surface area contributed by atoms with Crippen LogP contribution in [-0.4, -0.2) is 39.9 Å². The first-order valence-corrected chi connectivity index (χ1v) is 46.3. The molecule has 12 nitrogen and oxygen atoms in total. The van der Waals surface area contributed by atoms with Gasteiger partial charge in [0.15, 0.2) is 34.9 Å².